The molecule has 0 saturated carbocycles. The number of aromatic amines is 1. The second-order valence-corrected chi connectivity index (χ2v) is 2.50. The Balaban J connectivity index is 2.28. The van der Waals surface area contributed by atoms with Gasteiger partial charge in [-0.1, -0.05) is 0 Å². The highest BCUT2D eigenvalue weighted by Crippen LogP contribution is 2.06. The number of hydrogen-bond donors (Lipinski definition) is 2. The zero-order chi connectivity index (χ0) is 6.81. The van der Waals surface area contributed by atoms with E-state index in [2.05, 4.69) is 20.7 Å². The molecule has 1 aliphatic rings. The minimum atomic E-state index is 0.867. The van der Waals surface area contributed by atoms with Crippen molar-refractivity contribution in [3.8, 4) is 0 Å². The van der Waals surface area contributed by atoms with Gasteiger partial charge in [0.25, 0.3) is 0 Å². The third kappa shape index (κ3) is 0.903. The van der Waals surface area contributed by atoms with Gasteiger partial charge in [-0.3, -0.25) is 0 Å². The number of rotatable bonds is 0. The number of aryl methyl sites for hydroxylation is 1. The van der Waals surface area contributed by atoms with Crippen LogP contribution in [0.5, 0.6) is 0 Å². The normalized spacial score (nSPS) is 18.0. The topological polar surface area (TPSA) is 53.6 Å². The first-order valence-electron chi connectivity index (χ1n) is 3.56. The van der Waals surface area contributed by atoms with Gasteiger partial charge in [-0.25, -0.2) is 0 Å². The van der Waals surface area contributed by atoms with Crippen molar-refractivity contribution in [3.63, 3.8) is 0 Å². The van der Waals surface area contributed by atoms with Crippen molar-refractivity contribution in [2.24, 2.45) is 0 Å². The Hall–Kier alpha value is -0.900. The number of nitrogens with zero attached hydrogens (tertiary/aromatic N) is 2. The van der Waals surface area contributed by atoms with E-state index >= 15 is 0 Å². The van der Waals surface area contributed by atoms with Crippen LogP contribution in [0.15, 0.2) is 0 Å². The molecule has 0 spiro atoms. The molecule has 0 aromatic carbocycles. The van der Waals surface area contributed by atoms with Gasteiger partial charge in [0.1, 0.15) is 0 Å². The molecule has 2 rings (SSSR count). The highest BCUT2D eigenvalue weighted by molar-refractivity contribution is 5.09. The summed E-state index contributed by atoms with van der Waals surface area (Å²) in [6, 6.07) is 0. The van der Waals surface area contributed by atoms with Gasteiger partial charge in [-0.15, -0.1) is 0 Å². The third-order valence-corrected chi connectivity index (χ3v) is 1.76. The second kappa shape index (κ2) is 2.38. The van der Waals surface area contributed by atoms with Crippen molar-refractivity contribution < 1.29 is 0 Å². The van der Waals surface area contributed by atoms with Crippen LogP contribution in [0.1, 0.15) is 17.8 Å². The summed E-state index contributed by atoms with van der Waals surface area (Å²) in [5.74, 6) is 0. The summed E-state index contributed by atoms with van der Waals surface area (Å²) in [7, 11) is 0. The van der Waals surface area contributed by atoms with E-state index in [1.165, 1.54) is 6.42 Å². The summed E-state index contributed by atoms with van der Waals surface area (Å²) in [6.45, 7) is 1.95. The molecular weight excluding hydrogens is 128 g/mol. The van der Waals surface area contributed by atoms with Gasteiger partial charge in [-0.2, -0.15) is 15.4 Å². The third-order valence-electron chi connectivity index (χ3n) is 1.76. The van der Waals surface area contributed by atoms with E-state index in [-0.39, 0.29) is 0 Å². The molecule has 0 radical (unpaired) electrons. The smallest absolute Gasteiger partial charge is 0.0994 e. The van der Waals surface area contributed by atoms with Gasteiger partial charge >= 0.3 is 0 Å². The highest BCUT2D eigenvalue weighted by atomic mass is 15.3. The number of H-pyrrole nitrogens is 1. The minimum absolute atomic E-state index is 0.867. The lowest BCUT2D eigenvalue weighted by molar-refractivity contribution is 0.662. The second-order valence-electron chi connectivity index (χ2n) is 2.50. The fourth-order valence-electron chi connectivity index (χ4n) is 1.20. The molecule has 2 heterocycles. The summed E-state index contributed by atoms with van der Waals surface area (Å²) in [6.07, 6.45) is 2.22. The van der Waals surface area contributed by atoms with Crippen LogP contribution < -0.4 is 5.32 Å². The SMILES string of the molecule is C1CNCc2n[nH]nc2C1. The molecule has 0 fully saturated rings. The lowest BCUT2D eigenvalue weighted by Gasteiger charge is -1.92. The van der Waals surface area contributed by atoms with Crippen LogP contribution in [0, 0.1) is 0 Å². The predicted molar refractivity (Wildman–Crippen MR) is 36.4 cm³/mol. The summed E-state index contributed by atoms with van der Waals surface area (Å²) < 4.78 is 0. The first kappa shape index (κ1) is 5.85. The van der Waals surface area contributed by atoms with Crippen LogP contribution in [0.2, 0.25) is 0 Å². The first-order chi connectivity index (χ1) is 4.97. The van der Waals surface area contributed by atoms with E-state index in [9.17, 15) is 0 Å². The van der Waals surface area contributed by atoms with Crippen molar-refractivity contribution in [1.29, 1.82) is 0 Å². The number of aromatic nitrogens is 3. The Kier molecular flexibility index (Phi) is 1.39. The molecule has 10 heavy (non-hydrogen) atoms. The molecule has 0 bridgehead atoms. The quantitative estimate of drug-likeness (QED) is 0.523. The molecule has 0 amide bonds. The average Bonchev–Trinajstić information content (AvgIpc) is 2.28. The van der Waals surface area contributed by atoms with Crippen molar-refractivity contribution in [2.45, 2.75) is 19.4 Å². The zero-order valence-corrected chi connectivity index (χ0v) is 5.72. The highest BCUT2D eigenvalue weighted by Gasteiger charge is 2.09. The van der Waals surface area contributed by atoms with Crippen LogP contribution in [0.3, 0.4) is 0 Å². The fourth-order valence-corrected chi connectivity index (χ4v) is 1.20. The molecule has 0 aliphatic carbocycles. The molecule has 0 atom stereocenters. The summed E-state index contributed by atoms with van der Waals surface area (Å²) in [4.78, 5) is 0. The maximum Gasteiger partial charge on any atom is 0.0994 e. The number of fused-ring (bicyclic) bond motifs is 1. The monoisotopic (exact) mass is 138 g/mol. The molecule has 54 valence electrons. The Morgan fingerprint density at radius 3 is 3.10 bits per heavy atom. The largest absolute Gasteiger partial charge is 0.311 e. The lowest BCUT2D eigenvalue weighted by Crippen LogP contribution is -2.12. The van der Waals surface area contributed by atoms with E-state index in [4.69, 9.17) is 0 Å². The van der Waals surface area contributed by atoms with E-state index in [0.717, 1.165) is 30.9 Å². The van der Waals surface area contributed by atoms with E-state index in [1.54, 1.807) is 0 Å². The van der Waals surface area contributed by atoms with Crippen molar-refractivity contribution in [1.82, 2.24) is 20.7 Å². The standard InChI is InChI=1S/C6H10N4/c1-2-5-6(4-7-3-1)9-10-8-5/h7H,1-4H2,(H,8,9,10). The number of nitrogens with one attached hydrogen (secondary N) is 2. The van der Waals surface area contributed by atoms with Crippen LogP contribution in [-0.4, -0.2) is 22.0 Å². The lowest BCUT2D eigenvalue weighted by atomic mass is 10.2. The van der Waals surface area contributed by atoms with Gasteiger partial charge in [0.05, 0.1) is 11.4 Å². The van der Waals surface area contributed by atoms with Gasteiger partial charge in [0.2, 0.25) is 0 Å². The molecule has 2 N–H and O–H groups in total. The summed E-state index contributed by atoms with van der Waals surface area (Å²) in [5, 5.41) is 14.0. The maximum atomic E-state index is 4.04. The number of hydrogen-bond acceptors (Lipinski definition) is 3. The van der Waals surface area contributed by atoms with Crippen molar-refractivity contribution in [2.75, 3.05) is 6.54 Å². The molecule has 4 heteroatoms. The van der Waals surface area contributed by atoms with Crippen LogP contribution in [0.25, 0.3) is 0 Å². The Morgan fingerprint density at radius 2 is 2.10 bits per heavy atom. The van der Waals surface area contributed by atoms with Crippen molar-refractivity contribution in [3.05, 3.63) is 11.4 Å². The van der Waals surface area contributed by atoms with Gasteiger partial charge in [0.15, 0.2) is 0 Å². The van der Waals surface area contributed by atoms with E-state index in [1.807, 2.05) is 0 Å². The van der Waals surface area contributed by atoms with E-state index < -0.39 is 0 Å². The Bertz CT molecular complexity index is 197. The van der Waals surface area contributed by atoms with Crippen LogP contribution >= 0.6 is 0 Å². The molecule has 4 nitrogen and oxygen atoms in total. The zero-order valence-electron chi connectivity index (χ0n) is 5.72. The minimum Gasteiger partial charge on any atom is -0.311 e. The van der Waals surface area contributed by atoms with Crippen molar-refractivity contribution >= 4 is 0 Å². The Labute approximate surface area is 59.0 Å². The summed E-state index contributed by atoms with van der Waals surface area (Å²) in [5.41, 5.74) is 2.21. The molecule has 1 aromatic heterocycles. The van der Waals surface area contributed by atoms with Gasteiger partial charge < -0.3 is 5.32 Å². The molecule has 1 aliphatic heterocycles. The summed E-state index contributed by atoms with van der Waals surface area (Å²) >= 11 is 0. The van der Waals surface area contributed by atoms with Gasteiger partial charge in [0, 0.05) is 6.54 Å². The molecule has 0 unspecified atom stereocenters. The van der Waals surface area contributed by atoms with E-state index in [0.29, 0.717) is 0 Å². The van der Waals surface area contributed by atoms with Gasteiger partial charge in [-0.05, 0) is 19.4 Å². The molecule has 0 saturated heterocycles. The average molecular weight is 138 g/mol. The van der Waals surface area contributed by atoms with Crippen LogP contribution in [0.4, 0.5) is 0 Å². The molecule has 1 aromatic rings. The Morgan fingerprint density at radius 1 is 1.20 bits per heavy atom. The maximum absolute atomic E-state index is 4.04. The first-order valence-corrected chi connectivity index (χ1v) is 3.56. The predicted octanol–water partition coefficient (Wildman–Crippen LogP) is -0.160. The van der Waals surface area contributed by atoms with Crippen LogP contribution in [-0.2, 0) is 13.0 Å². The fraction of sp³-hybridized carbons (Fsp3) is 0.667. The molecular formula is C6H10N4.